The Labute approximate surface area is 101 Å². The zero-order valence-electron chi connectivity index (χ0n) is 11.5. The van der Waals surface area contributed by atoms with Gasteiger partial charge < -0.3 is 10.1 Å². The molecule has 3 unspecified atom stereocenters. The average Bonchev–Trinajstić information content (AvgIpc) is 2.29. The van der Waals surface area contributed by atoms with Gasteiger partial charge in [0, 0.05) is 12.6 Å². The Balaban J connectivity index is 2.48. The third-order valence-electron chi connectivity index (χ3n) is 3.72. The Kier molecular flexibility index (Phi) is 6.37. The van der Waals surface area contributed by atoms with E-state index in [1.807, 2.05) is 0 Å². The van der Waals surface area contributed by atoms with Crippen molar-refractivity contribution < 1.29 is 4.74 Å². The Hall–Kier alpha value is -0.0800. The van der Waals surface area contributed by atoms with Gasteiger partial charge in [0.15, 0.2) is 0 Å². The van der Waals surface area contributed by atoms with E-state index >= 15 is 0 Å². The molecule has 0 amide bonds. The van der Waals surface area contributed by atoms with Gasteiger partial charge >= 0.3 is 0 Å². The zero-order chi connectivity index (χ0) is 12.0. The largest absolute Gasteiger partial charge is 0.378 e. The van der Waals surface area contributed by atoms with E-state index in [4.69, 9.17) is 4.74 Å². The second kappa shape index (κ2) is 7.29. The van der Waals surface area contributed by atoms with Crippen LogP contribution in [0.3, 0.4) is 0 Å². The van der Waals surface area contributed by atoms with Crippen LogP contribution >= 0.6 is 0 Å². The SMILES string of the molecule is CCCNC(C(C)C)C1CCOC(CC)C1. The molecule has 0 bridgehead atoms. The summed E-state index contributed by atoms with van der Waals surface area (Å²) in [6.07, 6.45) is 5.37. The maximum Gasteiger partial charge on any atom is 0.0575 e. The molecule has 1 aliphatic rings. The summed E-state index contributed by atoms with van der Waals surface area (Å²) in [5.41, 5.74) is 0. The predicted octanol–water partition coefficient (Wildman–Crippen LogP) is 3.22. The number of rotatable bonds is 6. The molecule has 0 aromatic heterocycles. The standard InChI is InChI=1S/C14H29NO/c1-5-8-15-14(11(3)4)12-7-9-16-13(6-2)10-12/h11-15H,5-10H2,1-4H3. The second-order valence-corrected chi connectivity index (χ2v) is 5.41. The van der Waals surface area contributed by atoms with Crippen molar-refractivity contribution in [3.63, 3.8) is 0 Å². The molecule has 2 heteroatoms. The minimum Gasteiger partial charge on any atom is -0.378 e. The predicted molar refractivity (Wildman–Crippen MR) is 69.7 cm³/mol. The van der Waals surface area contributed by atoms with Gasteiger partial charge in [0.1, 0.15) is 0 Å². The lowest BCUT2D eigenvalue weighted by molar-refractivity contribution is -0.0225. The van der Waals surface area contributed by atoms with Gasteiger partial charge in [0.2, 0.25) is 0 Å². The minimum atomic E-state index is 0.503. The number of hydrogen-bond donors (Lipinski definition) is 1. The number of nitrogens with one attached hydrogen (secondary N) is 1. The summed E-state index contributed by atoms with van der Waals surface area (Å²) >= 11 is 0. The van der Waals surface area contributed by atoms with Crippen LogP contribution in [0.5, 0.6) is 0 Å². The molecule has 2 nitrogen and oxygen atoms in total. The van der Waals surface area contributed by atoms with Crippen molar-refractivity contribution in [1.82, 2.24) is 5.32 Å². The maximum atomic E-state index is 5.76. The number of ether oxygens (including phenoxy) is 1. The highest BCUT2D eigenvalue weighted by Gasteiger charge is 2.29. The van der Waals surface area contributed by atoms with Crippen molar-refractivity contribution in [3.05, 3.63) is 0 Å². The number of hydrogen-bond acceptors (Lipinski definition) is 2. The Bertz CT molecular complexity index is 182. The molecule has 3 atom stereocenters. The van der Waals surface area contributed by atoms with Crippen LogP contribution in [0.15, 0.2) is 0 Å². The van der Waals surface area contributed by atoms with Gasteiger partial charge in [-0.2, -0.15) is 0 Å². The molecule has 0 aliphatic carbocycles. The van der Waals surface area contributed by atoms with Crippen LogP contribution in [0, 0.1) is 11.8 Å². The van der Waals surface area contributed by atoms with E-state index in [1.54, 1.807) is 0 Å². The van der Waals surface area contributed by atoms with Gasteiger partial charge in [-0.05, 0) is 44.1 Å². The van der Waals surface area contributed by atoms with Crippen LogP contribution in [0.4, 0.5) is 0 Å². The van der Waals surface area contributed by atoms with Gasteiger partial charge in [0.25, 0.3) is 0 Å². The van der Waals surface area contributed by atoms with Crippen molar-refractivity contribution in [2.45, 2.75) is 65.5 Å². The normalized spacial score (nSPS) is 28.3. The van der Waals surface area contributed by atoms with Gasteiger partial charge in [0.05, 0.1) is 6.10 Å². The third-order valence-corrected chi connectivity index (χ3v) is 3.72. The molecule has 1 fully saturated rings. The third kappa shape index (κ3) is 4.06. The summed E-state index contributed by atoms with van der Waals surface area (Å²) in [7, 11) is 0. The van der Waals surface area contributed by atoms with Crippen LogP contribution in [0.25, 0.3) is 0 Å². The van der Waals surface area contributed by atoms with Crippen molar-refractivity contribution >= 4 is 0 Å². The molecule has 1 aliphatic heterocycles. The summed E-state index contributed by atoms with van der Waals surface area (Å²) in [6, 6.07) is 0.679. The van der Waals surface area contributed by atoms with E-state index in [2.05, 4.69) is 33.0 Å². The zero-order valence-corrected chi connectivity index (χ0v) is 11.5. The topological polar surface area (TPSA) is 21.3 Å². The van der Waals surface area contributed by atoms with Crippen molar-refractivity contribution in [2.75, 3.05) is 13.2 Å². The van der Waals surface area contributed by atoms with Crippen molar-refractivity contribution in [1.29, 1.82) is 0 Å². The lowest BCUT2D eigenvalue weighted by Gasteiger charge is -2.37. The summed E-state index contributed by atoms with van der Waals surface area (Å²) < 4.78 is 5.76. The van der Waals surface area contributed by atoms with Crippen LogP contribution in [0.2, 0.25) is 0 Å². The van der Waals surface area contributed by atoms with E-state index in [0.717, 1.165) is 31.4 Å². The molecular weight excluding hydrogens is 198 g/mol. The molecule has 0 saturated carbocycles. The highest BCUT2D eigenvalue weighted by Crippen LogP contribution is 2.28. The van der Waals surface area contributed by atoms with E-state index in [0.29, 0.717) is 12.1 Å². The monoisotopic (exact) mass is 227 g/mol. The highest BCUT2D eigenvalue weighted by molar-refractivity contribution is 4.83. The quantitative estimate of drug-likeness (QED) is 0.752. The first kappa shape index (κ1) is 14.0. The molecule has 0 radical (unpaired) electrons. The molecule has 1 heterocycles. The minimum absolute atomic E-state index is 0.503. The molecule has 0 aromatic carbocycles. The van der Waals surface area contributed by atoms with E-state index in [-0.39, 0.29) is 0 Å². The Morgan fingerprint density at radius 2 is 2.06 bits per heavy atom. The summed E-state index contributed by atoms with van der Waals surface area (Å²) in [6.45, 7) is 11.3. The molecule has 1 rings (SSSR count). The fourth-order valence-corrected chi connectivity index (χ4v) is 2.78. The smallest absolute Gasteiger partial charge is 0.0575 e. The van der Waals surface area contributed by atoms with E-state index in [1.165, 1.54) is 19.3 Å². The van der Waals surface area contributed by atoms with Gasteiger partial charge in [-0.25, -0.2) is 0 Å². The maximum absolute atomic E-state index is 5.76. The van der Waals surface area contributed by atoms with E-state index < -0.39 is 0 Å². The lowest BCUT2D eigenvalue weighted by atomic mass is 9.82. The molecule has 1 N–H and O–H groups in total. The first-order chi connectivity index (χ1) is 7.69. The van der Waals surface area contributed by atoms with Crippen LogP contribution in [-0.4, -0.2) is 25.3 Å². The molecule has 96 valence electrons. The van der Waals surface area contributed by atoms with E-state index in [9.17, 15) is 0 Å². The van der Waals surface area contributed by atoms with Gasteiger partial charge in [-0.3, -0.25) is 0 Å². The first-order valence-electron chi connectivity index (χ1n) is 7.04. The van der Waals surface area contributed by atoms with Crippen molar-refractivity contribution in [3.8, 4) is 0 Å². The highest BCUT2D eigenvalue weighted by atomic mass is 16.5. The molecule has 16 heavy (non-hydrogen) atoms. The summed E-state index contributed by atoms with van der Waals surface area (Å²) in [4.78, 5) is 0. The van der Waals surface area contributed by atoms with Crippen molar-refractivity contribution in [2.24, 2.45) is 11.8 Å². The average molecular weight is 227 g/mol. The van der Waals surface area contributed by atoms with Crippen LogP contribution in [-0.2, 0) is 4.74 Å². The first-order valence-corrected chi connectivity index (χ1v) is 7.04. The fraction of sp³-hybridized carbons (Fsp3) is 1.00. The molecule has 0 spiro atoms. The molecule has 0 aromatic rings. The molecule has 1 saturated heterocycles. The van der Waals surface area contributed by atoms with Crippen LogP contribution < -0.4 is 5.32 Å². The summed E-state index contributed by atoms with van der Waals surface area (Å²) in [5, 5.41) is 3.73. The Morgan fingerprint density at radius 3 is 2.62 bits per heavy atom. The fourth-order valence-electron chi connectivity index (χ4n) is 2.78. The van der Waals surface area contributed by atoms with Crippen LogP contribution in [0.1, 0.15) is 53.4 Å². The summed E-state index contributed by atoms with van der Waals surface area (Å²) in [5.74, 6) is 1.54. The lowest BCUT2D eigenvalue weighted by Crippen LogP contribution is -2.44. The Morgan fingerprint density at radius 1 is 1.31 bits per heavy atom. The van der Waals surface area contributed by atoms with Gasteiger partial charge in [-0.1, -0.05) is 27.7 Å². The second-order valence-electron chi connectivity index (χ2n) is 5.41. The van der Waals surface area contributed by atoms with Gasteiger partial charge in [-0.15, -0.1) is 0 Å². The molecular formula is C14H29NO.